The van der Waals surface area contributed by atoms with Crippen LogP contribution in [0.25, 0.3) is 0 Å². The Morgan fingerprint density at radius 1 is 1.21 bits per heavy atom. The van der Waals surface area contributed by atoms with Crippen LogP contribution in [0.2, 0.25) is 0 Å². The lowest BCUT2D eigenvalue weighted by molar-refractivity contribution is -0.154. The Morgan fingerprint density at radius 2 is 1.90 bits per heavy atom. The fourth-order valence-electron chi connectivity index (χ4n) is 3.12. The summed E-state index contributed by atoms with van der Waals surface area (Å²) in [6.07, 6.45) is 1.11. The molecule has 0 saturated carbocycles. The fraction of sp³-hybridized carbons (Fsp3) is 0.500. The SMILES string of the molecule is C[C@H](OC(=O)CCCCCNC(N)=O)C(=O)N1c2ccccc2NC(=O)C1(C)C. The number of ether oxygens (including phenoxy) is 1. The van der Waals surface area contributed by atoms with Crippen LogP contribution in [-0.2, 0) is 19.1 Å². The molecule has 4 amide bonds. The molecule has 1 atom stereocenters. The van der Waals surface area contributed by atoms with Crippen LogP contribution in [0.5, 0.6) is 0 Å². The third kappa shape index (κ3) is 5.46. The second-order valence-electron chi connectivity index (χ2n) is 7.44. The number of nitrogens with one attached hydrogen (secondary N) is 2. The van der Waals surface area contributed by atoms with E-state index in [1.165, 1.54) is 11.8 Å². The van der Waals surface area contributed by atoms with Crippen molar-refractivity contribution in [2.75, 3.05) is 16.8 Å². The normalized spacial score (nSPS) is 15.7. The van der Waals surface area contributed by atoms with Crippen molar-refractivity contribution in [1.82, 2.24) is 5.32 Å². The van der Waals surface area contributed by atoms with Crippen molar-refractivity contribution in [1.29, 1.82) is 0 Å². The van der Waals surface area contributed by atoms with Gasteiger partial charge in [-0.2, -0.15) is 0 Å². The molecule has 0 aromatic heterocycles. The van der Waals surface area contributed by atoms with Crippen LogP contribution in [0.4, 0.5) is 16.2 Å². The molecule has 158 valence electrons. The van der Waals surface area contributed by atoms with Gasteiger partial charge in [-0.1, -0.05) is 18.6 Å². The Hall–Kier alpha value is -3.10. The van der Waals surface area contributed by atoms with E-state index >= 15 is 0 Å². The van der Waals surface area contributed by atoms with E-state index in [1.807, 2.05) is 0 Å². The van der Waals surface area contributed by atoms with Crippen molar-refractivity contribution in [3.05, 3.63) is 24.3 Å². The molecule has 0 unspecified atom stereocenters. The minimum atomic E-state index is -1.13. The third-order valence-electron chi connectivity index (χ3n) is 4.74. The summed E-state index contributed by atoms with van der Waals surface area (Å²) < 4.78 is 5.30. The van der Waals surface area contributed by atoms with Gasteiger partial charge < -0.3 is 21.1 Å². The highest BCUT2D eigenvalue weighted by atomic mass is 16.5. The Kier molecular flexibility index (Phi) is 7.19. The standard InChI is InChI=1S/C20H28N4O5/c1-13(29-16(25)11-5-4-8-12-22-19(21)28)17(26)24-15-10-7-6-9-14(15)23-18(27)20(24,2)3/h6-7,9-10,13H,4-5,8,11-12H2,1-3H3,(H,23,27)(H3,21,22,28)/t13-/m0/s1. The number of amides is 4. The second-order valence-corrected chi connectivity index (χ2v) is 7.44. The van der Waals surface area contributed by atoms with Crippen LogP contribution in [0, 0.1) is 0 Å². The first-order chi connectivity index (χ1) is 13.6. The van der Waals surface area contributed by atoms with Gasteiger partial charge in [0.25, 0.3) is 5.91 Å². The molecular weight excluding hydrogens is 376 g/mol. The molecule has 0 aliphatic carbocycles. The van der Waals surface area contributed by atoms with Crippen molar-refractivity contribution in [3.63, 3.8) is 0 Å². The van der Waals surface area contributed by atoms with Gasteiger partial charge in [-0.25, -0.2) is 4.79 Å². The van der Waals surface area contributed by atoms with Gasteiger partial charge in [-0.15, -0.1) is 0 Å². The molecule has 1 aliphatic rings. The first-order valence-electron chi connectivity index (χ1n) is 9.62. The Labute approximate surface area is 169 Å². The summed E-state index contributed by atoms with van der Waals surface area (Å²) in [6.45, 7) is 5.24. The molecule has 1 aliphatic heterocycles. The predicted molar refractivity (Wildman–Crippen MR) is 108 cm³/mol. The van der Waals surface area contributed by atoms with E-state index in [1.54, 1.807) is 38.1 Å². The molecule has 0 saturated heterocycles. The lowest BCUT2D eigenvalue weighted by atomic mass is 9.95. The number of anilines is 2. The van der Waals surface area contributed by atoms with Crippen LogP contribution in [-0.4, -0.2) is 42.0 Å². The number of carbonyl (C=O) groups excluding carboxylic acids is 4. The van der Waals surface area contributed by atoms with E-state index in [0.717, 1.165) is 0 Å². The monoisotopic (exact) mass is 404 g/mol. The van der Waals surface area contributed by atoms with E-state index in [4.69, 9.17) is 10.5 Å². The van der Waals surface area contributed by atoms with Crippen molar-refractivity contribution in [3.8, 4) is 0 Å². The highest BCUT2D eigenvalue weighted by Crippen LogP contribution is 2.37. The van der Waals surface area contributed by atoms with Gasteiger partial charge in [-0.05, 0) is 45.7 Å². The number of hydrogen-bond donors (Lipinski definition) is 3. The Balaban J connectivity index is 1.94. The van der Waals surface area contributed by atoms with Gasteiger partial charge >= 0.3 is 12.0 Å². The largest absolute Gasteiger partial charge is 0.453 e. The number of primary amides is 1. The number of nitrogens with two attached hydrogens (primary N) is 1. The second kappa shape index (κ2) is 9.40. The first-order valence-corrected chi connectivity index (χ1v) is 9.62. The van der Waals surface area contributed by atoms with Crippen LogP contribution in [0.15, 0.2) is 24.3 Å². The van der Waals surface area contributed by atoms with E-state index in [0.29, 0.717) is 37.2 Å². The smallest absolute Gasteiger partial charge is 0.312 e. The molecule has 0 radical (unpaired) electrons. The van der Waals surface area contributed by atoms with E-state index in [9.17, 15) is 19.2 Å². The zero-order chi connectivity index (χ0) is 21.6. The highest BCUT2D eigenvalue weighted by Gasteiger charge is 2.45. The highest BCUT2D eigenvalue weighted by molar-refractivity contribution is 6.15. The molecule has 29 heavy (non-hydrogen) atoms. The third-order valence-corrected chi connectivity index (χ3v) is 4.74. The number of fused-ring (bicyclic) bond motifs is 1. The minimum absolute atomic E-state index is 0.161. The molecule has 0 spiro atoms. The summed E-state index contributed by atoms with van der Waals surface area (Å²) in [5.41, 5.74) is 4.94. The number of urea groups is 1. The van der Waals surface area contributed by atoms with Crippen LogP contribution in [0.3, 0.4) is 0 Å². The molecular formula is C20H28N4O5. The van der Waals surface area contributed by atoms with Crippen molar-refractivity contribution in [2.45, 2.75) is 58.1 Å². The van der Waals surface area contributed by atoms with Crippen LogP contribution in [0.1, 0.15) is 46.5 Å². The number of rotatable bonds is 8. The number of carbonyl (C=O) groups is 4. The predicted octanol–water partition coefficient (Wildman–Crippen LogP) is 1.91. The summed E-state index contributed by atoms with van der Waals surface area (Å²) in [7, 11) is 0. The number of nitrogens with zero attached hydrogens (tertiary/aromatic N) is 1. The zero-order valence-corrected chi connectivity index (χ0v) is 17.0. The van der Waals surface area contributed by atoms with Gasteiger partial charge in [0, 0.05) is 13.0 Å². The summed E-state index contributed by atoms with van der Waals surface area (Å²) >= 11 is 0. The van der Waals surface area contributed by atoms with E-state index < -0.39 is 29.6 Å². The quantitative estimate of drug-likeness (QED) is 0.450. The van der Waals surface area contributed by atoms with Crippen molar-refractivity contribution >= 4 is 35.2 Å². The molecule has 0 fully saturated rings. The average molecular weight is 404 g/mol. The molecule has 9 heteroatoms. The summed E-state index contributed by atoms with van der Waals surface area (Å²) in [5, 5.41) is 5.27. The number of unbranched alkanes of at least 4 members (excludes halogenated alkanes) is 2. The van der Waals surface area contributed by atoms with E-state index in [-0.39, 0.29) is 12.3 Å². The molecule has 1 heterocycles. The maximum atomic E-state index is 13.1. The zero-order valence-electron chi connectivity index (χ0n) is 17.0. The molecule has 1 aromatic carbocycles. The van der Waals surface area contributed by atoms with Gasteiger partial charge in [0.2, 0.25) is 5.91 Å². The molecule has 4 N–H and O–H groups in total. The number of hydrogen-bond acceptors (Lipinski definition) is 5. The Morgan fingerprint density at radius 3 is 2.59 bits per heavy atom. The van der Waals surface area contributed by atoms with E-state index in [2.05, 4.69) is 10.6 Å². The fourth-order valence-corrected chi connectivity index (χ4v) is 3.12. The summed E-state index contributed by atoms with van der Waals surface area (Å²) in [6, 6.07) is 6.42. The van der Waals surface area contributed by atoms with Gasteiger partial charge in [0.15, 0.2) is 6.10 Å². The van der Waals surface area contributed by atoms with Crippen LogP contribution < -0.4 is 21.3 Å². The minimum Gasteiger partial charge on any atom is -0.453 e. The maximum absolute atomic E-state index is 13.1. The average Bonchev–Trinajstić information content (AvgIpc) is 2.64. The van der Waals surface area contributed by atoms with Gasteiger partial charge in [-0.3, -0.25) is 19.3 Å². The Bertz CT molecular complexity index is 793. The van der Waals surface area contributed by atoms with Gasteiger partial charge in [0.1, 0.15) is 5.54 Å². The lowest BCUT2D eigenvalue weighted by Gasteiger charge is -2.42. The molecule has 1 aromatic rings. The molecule has 0 bridgehead atoms. The van der Waals surface area contributed by atoms with Crippen LogP contribution >= 0.6 is 0 Å². The number of esters is 1. The summed E-state index contributed by atoms with van der Waals surface area (Å²) in [4.78, 5) is 49.6. The molecule has 9 nitrogen and oxygen atoms in total. The number of para-hydroxylation sites is 2. The van der Waals surface area contributed by atoms with Crippen molar-refractivity contribution in [2.24, 2.45) is 5.73 Å². The topological polar surface area (TPSA) is 131 Å². The first kappa shape index (κ1) is 22.2. The van der Waals surface area contributed by atoms with Crippen molar-refractivity contribution < 1.29 is 23.9 Å². The molecule has 2 rings (SSSR count). The van der Waals surface area contributed by atoms with Gasteiger partial charge in [0.05, 0.1) is 11.4 Å². The maximum Gasteiger partial charge on any atom is 0.312 e. The summed E-state index contributed by atoms with van der Waals surface area (Å²) in [5.74, 6) is -1.26. The number of benzene rings is 1. The lowest BCUT2D eigenvalue weighted by Crippen LogP contribution is -2.60.